The van der Waals surface area contributed by atoms with Crippen LogP contribution in [0.15, 0.2) is 17.5 Å². The maximum Gasteiger partial charge on any atom is 0.0168 e. The van der Waals surface area contributed by atoms with Gasteiger partial charge in [0.25, 0.3) is 0 Å². The Labute approximate surface area is 109 Å². The molecule has 0 radical (unpaired) electrons. The average Bonchev–Trinajstić information content (AvgIpc) is 2.78. The molecule has 1 unspecified atom stereocenters. The van der Waals surface area contributed by atoms with Gasteiger partial charge in [-0.1, -0.05) is 19.9 Å². The Hall–Kier alpha value is -0.380. The summed E-state index contributed by atoms with van der Waals surface area (Å²) in [6.45, 7) is 8.24. The third-order valence-electron chi connectivity index (χ3n) is 3.90. The van der Waals surface area contributed by atoms with Gasteiger partial charge >= 0.3 is 0 Å². The molecule has 0 spiro atoms. The summed E-state index contributed by atoms with van der Waals surface area (Å²) in [5.41, 5.74) is 0.391. The van der Waals surface area contributed by atoms with Crippen LogP contribution < -0.4 is 5.32 Å². The first-order valence-electron chi connectivity index (χ1n) is 6.53. The molecule has 1 fully saturated rings. The molecule has 0 bridgehead atoms. The second kappa shape index (κ2) is 5.51. The molecule has 1 aromatic heterocycles. The van der Waals surface area contributed by atoms with Crippen LogP contribution in [0.5, 0.6) is 0 Å². The Morgan fingerprint density at radius 3 is 3.00 bits per heavy atom. The normalized spacial score (nSPS) is 24.1. The lowest BCUT2D eigenvalue weighted by Crippen LogP contribution is -2.53. The number of likely N-dealkylation sites (N-methyl/N-ethyl adjacent to an activating group) is 1. The Morgan fingerprint density at radius 1 is 1.53 bits per heavy atom. The summed E-state index contributed by atoms with van der Waals surface area (Å²) in [5.74, 6) is 0. The standard InChI is InChI=1S/C14H24N2S/c1-14(2)11-15-8-6-13(14)16(3)9-7-12-5-4-10-17-12/h4-5,10,13,15H,6-9,11H2,1-3H3. The van der Waals surface area contributed by atoms with Gasteiger partial charge in [0.1, 0.15) is 0 Å². The van der Waals surface area contributed by atoms with Crippen molar-refractivity contribution in [3.05, 3.63) is 22.4 Å². The molecule has 0 aromatic carbocycles. The molecule has 1 saturated heterocycles. The summed E-state index contributed by atoms with van der Waals surface area (Å²) in [4.78, 5) is 4.06. The fraction of sp³-hybridized carbons (Fsp3) is 0.714. The first kappa shape index (κ1) is 13.1. The molecule has 17 heavy (non-hydrogen) atoms. The highest BCUT2D eigenvalue weighted by molar-refractivity contribution is 7.09. The fourth-order valence-corrected chi connectivity index (χ4v) is 3.57. The van der Waals surface area contributed by atoms with Crippen molar-refractivity contribution in [3.63, 3.8) is 0 Å². The van der Waals surface area contributed by atoms with Crippen molar-refractivity contribution in [3.8, 4) is 0 Å². The topological polar surface area (TPSA) is 15.3 Å². The number of nitrogens with one attached hydrogen (secondary N) is 1. The Morgan fingerprint density at radius 2 is 2.35 bits per heavy atom. The predicted molar refractivity (Wildman–Crippen MR) is 75.7 cm³/mol. The van der Waals surface area contributed by atoms with Crippen molar-refractivity contribution >= 4 is 11.3 Å². The van der Waals surface area contributed by atoms with Crippen LogP contribution in [0.3, 0.4) is 0 Å². The summed E-state index contributed by atoms with van der Waals surface area (Å²) in [5, 5.41) is 5.68. The maximum absolute atomic E-state index is 3.50. The number of rotatable bonds is 4. The van der Waals surface area contributed by atoms with Crippen molar-refractivity contribution in [2.45, 2.75) is 32.7 Å². The molecule has 1 aromatic rings. The quantitative estimate of drug-likeness (QED) is 0.886. The van der Waals surface area contributed by atoms with E-state index in [-0.39, 0.29) is 0 Å². The molecule has 3 heteroatoms. The van der Waals surface area contributed by atoms with Crippen LogP contribution >= 0.6 is 11.3 Å². The van der Waals surface area contributed by atoms with Gasteiger partial charge in [0.15, 0.2) is 0 Å². The molecule has 0 amide bonds. The summed E-state index contributed by atoms with van der Waals surface area (Å²) >= 11 is 1.87. The Kier molecular flexibility index (Phi) is 4.23. The molecule has 1 N–H and O–H groups in total. The Balaban J connectivity index is 1.88. The summed E-state index contributed by atoms with van der Waals surface area (Å²) in [6.07, 6.45) is 2.46. The van der Waals surface area contributed by atoms with Gasteiger partial charge in [-0.05, 0) is 43.3 Å². The van der Waals surface area contributed by atoms with Crippen LogP contribution in [0.25, 0.3) is 0 Å². The smallest absolute Gasteiger partial charge is 0.0168 e. The van der Waals surface area contributed by atoms with Crippen molar-refractivity contribution < 1.29 is 0 Å². The zero-order valence-electron chi connectivity index (χ0n) is 11.2. The van der Waals surface area contributed by atoms with Crippen molar-refractivity contribution in [1.82, 2.24) is 10.2 Å². The lowest BCUT2D eigenvalue weighted by Gasteiger charge is -2.44. The molecule has 0 aliphatic carbocycles. The summed E-state index contributed by atoms with van der Waals surface area (Å²) in [6, 6.07) is 5.10. The molecule has 96 valence electrons. The zero-order chi connectivity index (χ0) is 12.3. The first-order chi connectivity index (χ1) is 8.09. The largest absolute Gasteiger partial charge is 0.316 e. The predicted octanol–water partition coefficient (Wildman–Crippen LogP) is 2.61. The van der Waals surface area contributed by atoms with E-state index in [1.165, 1.54) is 24.3 Å². The summed E-state index contributed by atoms with van der Waals surface area (Å²) < 4.78 is 0. The highest BCUT2D eigenvalue weighted by atomic mass is 32.1. The van der Waals surface area contributed by atoms with E-state index >= 15 is 0 Å². The number of hydrogen-bond acceptors (Lipinski definition) is 3. The van der Waals surface area contributed by atoms with E-state index in [0.29, 0.717) is 11.5 Å². The molecular weight excluding hydrogens is 228 g/mol. The van der Waals surface area contributed by atoms with Crippen molar-refractivity contribution in [2.75, 3.05) is 26.7 Å². The molecule has 2 rings (SSSR count). The van der Waals surface area contributed by atoms with E-state index in [4.69, 9.17) is 0 Å². The molecule has 2 heterocycles. The van der Waals surface area contributed by atoms with E-state index in [1.807, 2.05) is 11.3 Å². The van der Waals surface area contributed by atoms with Crippen LogP contribution in [0.2, 0.25) is 0 Å². The lowest BCUT2D eigenvalue weighted by atomic mass is 9.79. The van der Waals surface area contributed by atoms with Crippen LogP contribution in [0.1, 0.15) is 25.1 Å². The highest BCUT2D eigenvalue weighted by Crippen LogP contribution is 2.29. The third kappa shape index (κ3) is 3.30. The molecule has 1 aliphatic heterocycles. The van der Waals surface area contributed by atoms with Gasteiger partial charge in [-0.2, -0.15) is 0 Å². The second-order valence-corrected chi connectivity index (χ2v) is 6.81. The fourth-order valence-electron chi connectivity index (χ4n) is 2.87. The Bertz CT molecular complexity index is 332. The third-order valence-corrected chi connectivity index (χ3v) is 4.84. The van der Waals surface area contributed by atoms with E-state index in [9.17, 15) is 0 Å². The SMILES string of the molecule is CN(CCc1cccs1)C1CCNCC1(C)C. The van der Waals surface area contributed by atoms with Gasteiger partial charge in [0, 0.05) is 24.0 Å². The van der Waals surface area contributed by atoms with E-state index in [2.05, 4.69) is 48.6 Å². The van der Waals surface area contributed by atoms with Gasteiger partial charge in [-0.25, -0.2) is 0 Å². The van der Waals surface area contributed by atoms with Crippen LogP contribution in [-0.4, -0.2) is 37.6 Å². The lowest BCUT2D eigenvalue weighted by molar-refractivity contribution is 0.0808. The monoisotopic (exact) mass is 252 g/mol. The number of nitrogens with zero attached hydrogens (tertiary/aromatic N) is 1. The molecule has 2 nitrogen and oxygen atoms in total. The minimum atomic E-state index is 0.391. The number of piperidine rings is 1. The van der Waals surface area contributed by atoms with Gasteiger partial charge in [-0.15, -0.1) is 11.3 Å². The number of hydrogen-bond donors (Lipinski definition) is 1. The zero-order valence-corrected chi connectivity index (χ0v) is 12.0. The van der Waals surface area contributed by atoms with Crippen molar-refractivity contribution in [1.29, 1.82) is 0 Å². The average molecular weight is 252 g/mol. The molecule has 1 aliphatic rings. The molecular formula is C14H24N2S. The maximum atomic E-state index is 3.50. The van der Waals surface area contributed by atoms with Gasteiger partial charge in [-0.3, -0.25) is 0 Å². The van der Waals surface area contributed by atoms with E-state index in [1.54, 1.807) is 0 Å². The van der Waals surface area contributed by atoms with Gasteiger partial charge in [0.2, 0.25) is 0 Å². The molecule has 0 saturated carbocycles. The number of thiophene rings is 1. The van der Waals surface area contributed by atoms with E-state index < -0.39 is 0 Å². The van der Waals surface area contributed by atoms with Crippen LogP contribution in [0, 0.1) is 5.41 Å². The van der Waals surface area contributed by atoms with Crippen molar-refractivity contribution in [2.24, 2.45) is 5.41 Å². The van der Waals surface area contributed by atoms with Crippen LogP contribution in [-0.2, 0) is 6.42 Å². The van der Waals surface area contributed by atoms with E-state index in [0.717, 1.165) is 13.1 Å². The minimum Gasteiger partial charge on any atom is -0.316 e. The minimum absolute atomic E-state index is 0.391. The highest BCUT2D eigenvalue weighted by Gasteiger charge is 2.34. The summed E-state index contributed by atoms with van der Waals surface area (Å²) in [7, 11) is 2.28. The second-order valence-electron chi connectivity index (χ2n) is 5.78. The van der Waals surface area contributed by atoms with Crippen LogP contribution in [0.4, 0.5) is 0 Å². The first-order valence-corrected chi connectivity index (χ1v) is 7.41. The molecule has 1 atom stereocenters. The van der Waals surface area contributed by atoms with Gasteiger partial charge in [0.05, 0.1) is 0 Å². The van der Waals surface area contributed by atoms with Gasteiger partial charge < -0.3 is 10.2 Å².